The Morgan fingerprint density at radius 3 is 2.70 bits per heavy atom. The maximum atomic E-state index is 13.4. The first-order valence-corrected chi connectivity index (χ1v) is 14.3. The van der Waals surface area contributed by atoms with E-state index in [9.17, 15) is 18.3 Å². The minimum atomic E-state index is -3.48. The molecular formula is C28H36N4O4S. The molecule has 1 aliphatic rings. The number of benzene rings is 2. The highest BCUT2D eigenvalue weighted by Crippen LogP contribution is 2.36. The molecule has 1 aromatic heterocycles. The molecule has 9 heteroatoms. The highest BCUT2D eigenvalue weighted by molar-refractivity contribution is 7.92. The maximum Gasteiger partial charge on any atom is 0.235 e. The Kier molecular flexibility index (Phi) is 8.49. The Hall–Kier alpha value is -2.98. The van der Waals surface area contributed by atoms with Gasteiger partial charge in [-0.05, 0) is 43.0 Å². The molecule has 198 valence electrons. The molecule has 4 rings (SSSR count). The lowest BCUT2D eigenvalue weighted by Crippen LogP contribution is -2.48. The molecule has 0 spiro atoms. The van der Waals surface area contributed by atoms with Crippen molar-refractivity contribution in [3.8, 4) is 0 Å². The molecule has 8 nitrogen and oxygen atoms in total. The Balaban J connectivity index is 1.60. The van der Waals surface area contributed by atoms with Crippen LogP contribution in [0.25, 0.3) is 10.9 Å². The average Bonchev–Trinajstić information content (AvgIpc) is 3.23. The number of ketones is 1. The van der Waals surface area contributed by atoms with Crippen LogP contribution in [0, 0.1) is 0 Å². The predicted molar refractivity (Wildman–Crippen MR) is 149 cm³/mol. The Labute approximate surface area is 219 Å². The van der Waals surface area contributed by atoms with Gasteiger partial charge >= 0.3 is 0 Å². The summed E-state index contributed by atoms with van der Waals surface area (Å²) in [6, 6.07) is 13.0. The number of aliphatic hydroxyl groups excluding tert-OH is 1. The fraction of sp³-hybridized carbons (Fsp3) is 0.393. The normalized spacial score (nSPS) is 16.4. The van der Waals surface area contributed by atoms with E-state index in [2.05, 4.69) is 21.8 Å². The highest BCUT2D eigenvalue weighted by atomic mass is 32.2. The fourth-order valence-corrected chi connectivity index (χ4v) is 6.08. The molecule has 0 fully saturated rings. The second-order valence-electron chi connectivity index (χ2n) is 9.48. The van der Waals surface area contributed by atoms with Crippen molar-refractivity contribution in [2.45, 2.75) is 38.5 Å². The largest absolute Gasteiger partial charge is 0.390 e. The number of hydrogen-bond acceptors (Lipinski definition) is 6. The maximum absolute atomic E-state index is 13.4. The summed E-state index contributed by atoms with van der Waals surface area (Å²) in [5.41, 5.74) is 3.87. The number of carbonyl (C=O) groups excluding carboxylic acids is 1. The molecule has 0 amide bonds. The van der Waals surface area contributed by atoms with Crippen molar-refractivity contribution in [2.75, 3.05) is 36.7 Å². The summed E-state index contributed by atoms with van der Waals surface area (Å²) >= 11 is 0. The zero-order valence-corrected chi connectivity index (χ0v) is 22.3. The van der Waals surface area contributed by atoms with Crippen LogP contribution in [0.1, 0.15) is 28.4 Å². The zero-order valence-electron chi connectivity index (χ0n) is 21.5. The van der Waals surface area contributed by atoms with Crippen molar-refractivity contribution >= 4 is 32.4 Å². The van der Waals surface area contributed by atoms with Gasteiger partial charge in [0.2, 0.25) is 10.0 Å². The molecule has 2 heterocycles. The van der Waals surface area contributed by atoms with Crippen LogP contribution in [0.3, 0.4) is 0 Å². The van der Waals surface area contributed by atoms with E-state index in [0.29, 0.717) is 43.7 Å². The van der Waals surface area contributed by atoms with Gasteiger partial charge in [0.25, 0.3) is 0 Å². The smallest absolute Gasteiger partial charge is 0.235 e. The molecule has 3 N–H and O–H groups in total. The first-order valence-electron chi connectivity index (χ1n) is 12.7. The molecular weight excluding hydrogens is 488 g/mol. The number of carbonyl (C=O) groups is 1. The van der Waals surface area contributed by atoms with E-state index in [1.807, 2.05) is 49.5 Å². The molecule has 1 aliphatic heterocycles. The van der Waals surface area contributed by atoms with Crippen LogP contribution in [0.15, 0.2) is 61.3 Å². The Morgan fingerprint density at radius 2 is 2.00 bits per heavy atom. The summed E-state index contributed by atoms with van der Waals surface area (Å²) in [7, 11) is -1.92. The van der Waals surface area contributed by atoms with Crippen molar-refractivity contribution < 1.29 is 18.3 Å². The molecule has 37 heavy (non-hydrogen) atoms. The quantitative estimate of drug-likeness (QED) is 0.191. The number of Topliss-reactive ketones (excluding diaryl/α,β-unsaturated/α-hetero) is 1. The number of nitrogens with one attached hydrogen (secondary N) is 2. The van der Waals surface area contributed by atoms with Crippen LogP contribution in [0.4, 0.5) is 5.69 Å². The topological polar surface area (TPSA) is 104 Å². The van der Waals surface area contributed by atoms with Gasteiger partial charge in [0, 0.05) is 49.9 Å². The summed E-state index contributed by atoms with van der Waals surface area (Å²) in [5.74, 6) is -0.131. The van der Waals surface area contributed by atoms with E-state index in [0.717, 1.165) is 22.0 Å². The molecule has 0 radical (unpaired) electrons. The molecule has 0 saturated heterocycles. The van der Waals surface area contributed by atoms with Gasteiger partial charge in [0.1, 0.15) is 0 Å². The fourth-order valence-electron chi connectivity index (χ4n) is 4.89. The summed E-state index contributed by atoms with van der Waals surface area (Å²) in [6.07, 6.45) is 4.00. The van der Waals surface area contributed by atoms with Gasteiger partial charge in [0.15, 0.2) is 5.78 Å². The molecule has 2 aromatic carbocycles. The van der Waals surface area contributed by atoms with Gasteiger partial charge in [-0.3, -0.25) is 9.10 Å². The third-order valence-corrected chi connectivity index (χ3v) is 8.77. The molecule has 3 aromatic rings. The van der Waals surface area contributed by atoms with Crippen molar-refractivity contribution in [1.82, 2.24) is 15.2 Å². The van der Waals surface area contributed by atoms with Gasteiger partial charge < -0.3 is 20.3 Å². The highest BCUT2D eigenvalue weighted by Gasteiger charge is 2.29. The Morgan fingerprint density at radius 1 is 1.24 bits per heavy atom. The number of aromatic nitrogens is 1. The average molecular weight is 525 g/mol. The minimum Gasteiger partial charge on any atom is -0.390 e. The van der Waals surface area contributed by atoms with Crippen LogP contribution in [-0.2, 0) is 29.4 Å². The van der Waals surface area contributed by atoms with Crippen molar-refractivity contribution in [3.63, 3.8) is 0 Å². The minimum absolute atomic E-state index is 0.0110. The van der Waals surface area contributed by atoms with Crippen LogP contribution >= 0.6 is 0 Å². The molecule has 0 bridgehead atoms. The lowest BCUT2D eigenvalue weighted by atomic mass is 10.00. The van der Waals surface area contributed by atoms with E-state index >= 15 is 0 Å². The van der Waals surface area contributed by atoms with Crippen LogP contribution in [0.5, 0.6) is 0 Å². The standard InChI is InChI=1S/C28H36N4O4S/c1-4-12-29-17-27(34)23(14-20-9-7-6-8-10-20)30-18-26(33)22-15-24-28-21(11-13-37(35,36)31(24)3)19-32(5-2)25(28)16-22/h4,6-10,15-16,19,23,27,29-30,34H,1,5,11-14,17-18H2,2-3H3/t23-,27+/m0/s1. The van der Waals surface area contributed by atoms with Crippen molar-refractivity contribution in [3.05, 3.63) is 78.0 Å². The zero-order chi connectivity index (χ0) is 26.6. The van der Waals surface area contributed by atoms with Crippen LogP contribution < -0.4 is 14.9 Å². The van der Waals surface area contributed by atoms with E-state index < -0.39 is 16.1 Å². The molecule has 0 aliphatic carbocycles. The van der Waals surface area contributed by atoms with Gasteiger partial charge in [-0.15, -0.1) is 6.58 Å². The number of hydrogen-bond donors (Lipinski definition) is 3. The summed E-state index contributed by atoms with van der Waals surface area (Å²) < 4.78 is 29.0. The summed E-state index contributed by atoms with van der Waals surface area (Å²) in [4.78, 5) is 13.4. The van der Waals surface area contributed by atoms with E-state index in [1.165, 1.54) is 4.31 Å². The van der Waals surface area contributed by atoms with Gasteiger partial charge in [-0.2, -0.15) is 0 Å². The number of sulfonamides is 1. The van der Waals surface area contributed by atoms with Crippen LogP contribution in [-0.4, -0.2) is 68.5 Å². The number of nitrogens with zero attached hydrogens (tertiary/aromatic N) is 2. The Bertz CT molecular complexity index is 1370. The number of aryl methyl sites for hydroxylation is 2. The van der Waals surface area contributed by atoms with Crippen LogP contribution in [0.2, 0.25) is 0 Å². The number of rotatable bonds is 12. The van der Waals surface area contributed by atoms with E-state index in [-0.39, 0.29) is 24.1 Å². The molecule has 2 atom stereocenters. The monoisotopic (exact) mass is 524 g/mol. The number of anilines is 1. The van der Waals surface area contributed by atoms with Gasteiger partial charge in [-0.1, -0.05) is 36.4 Å². The van der Waals surface area contributed by atoms with Crippen molar-refractivity contribution in [1.29, 1.82) is 0 Å². The van der Waals surface area contributed by atoms with E-state index in [1.54, 1.807) is 19.2 Å². The van der Waals surface area contributed by atoms with Crippen molar-refractivity contribution in [2.24, 2.45) is 0 Å². The third-order valence-electron chi connectivity index (χ3n) is 7.02. The first-order chi connectivity index (χ1) is 17.7. The number of aliphatic hydroxyl groups is 1. The molecule has 0 saturated carbocycles. The summed E-state index contributed by atoms with van der Waals surface area (Å²) in [6.45, 7) is 7.38. The second kappa shape index (κ2) is 11.6. The van der Waals surface area contributed by atoms with E-state index in [4.69, 9.17) is 0 Å². The van der Waals surface area contributed by atoms with Gasteiger partial charge in [0.05, 0.1) is 29.6 Å². The molecule has 0 unspecified atom stereocenters. The third kappa shape index (κ3) is 5.96. The predicted octanol–water partition coefficient (Wildman–Crippen LogP) is 2.50. The van der Waals surface area contributed by atoms with Gasteiger partial charge in [-0.25, -0.2) is 8.42 Å². The first kappa shape index (κ1) is 27.1. The second-order valence-corrected chi connectivity index (χ2v) is 11.6. The summed E-state index contributed by atoms with van der Waals surface area (Å²) in [5, 5.41) is 18.1. The lowest BCUT2D eigenvalue weighted by Gasteiger charge is -2.25. The lowest BCUT2D eigenvalue weighted by molar-refractivity contribution is 0.0951. The SMILES string of the molecule is C=CCNC[C@@H](O)[C@H](Cc1ccccc1)NCC(=O)c1cc2c3c(cn(CC)c3c1)CCS(=O)(=O)N2C.